The Morgan fingerprint density at radius 2 is 1.91 bits per heavy atom. The van der Waals surface area contributed by atoms with Crippen molar-refractivity contribution in [1.29, 1.82) is 0 Å². The van der Waals surface area contributed by atoms with Gasteiger partial charge in [0.2, 0.25) is 5.91 Å². The van der Waals surface area contributed by atoms with Crippen molar-refractivity contribution in [3.63, 3.8) is 0 Å². The lowest BCUT2D eigenvalue weighted by Gasteiger charge is -2.32. The number of ether oxygens (including phenoxy) is 1. The maximum absolute atomic E-state index is 14.4. The molecule has 10 nitrogen and oxygen atoms in total. The monoisotopic (exact) mass is 587 g/mol. The second-order valence-corrected chi connectivity index (χ2v) is 11.1. The van der Waals surface area contributed by atoms with Gasteiger partial charge in [-0.15, -0.1) is 0 Å². The van der Waals surface area contributed by atoms with Crippen LogP contribution in [0.25, 0.3) is 16.9 Å². The third-order valence-electron chi connectivity index (χ3n) is 7.83. The number of aromatic nitrogens is 3. The van der Waals surface area contributed by atoms with Gasteiger partial charge in [-0.3, -0.25) is 14.0 Å². The van der Waals surface area contributed by atoms with Crippen LogP contribution >= 0.6 is 0 Å². The number of likely N-dealkylation sites (tertiary alicyclic amines) is 1. The van der Waals surface area contributed by atoms with Crippen molar-refractivity contribution in [2.24, 2.45) is 5.92 Å². The summed E-state index contributed by atoms with van der Waals surface area (Å²) in [6.07, 6.45) is 7.34. The van der Waals surface area contributed by atoms with Crippen molar-refractivity contribution in [1.82, 2.24) is 29.5 Å². The van der Waals surface area contributed by atoms with Crippen molar-refractivity contribution in [2.75, 3.05) is 52.7 Å². The molecule has 1 aliphatic rings. The van der Waals surface area contributed by atoms with Gasteiger partial charge >= 0.3 is 0 Å². The van der Waals surface area contributed by atoms with Crippen LogP contribution in [0.2, 0.25) is 0 Å². The molecule has 1 saturated heterocycles. The summed E-state index contributed by atoms with van der Waals surface area (Å²) >= 11 is 0. The van der Waals surface area contributed by atoms with E-state index in [0.717, 1.165) is 24.2 Å². The molecule has 43 heavy (non-hydrogen) atoms. The molecular weight excluding hydrogens is 549 g/mol. The molecule has 5 rings (SSSR count). The van der Waals surface area contributed by atoms with E-state index in [0.29, 0.717) is 60.8 Å². The number of aryl methyl sites for hydroxylation is 1. The van der Waals surface area contributed by atoms with Crippen LogP contribution in [0.3, 0.4) is 0 Å². The molecule has 0 unspecified atom stereocenters. The number of hydrogen-bond acceptors (Lipinski definition) is 7. The SMILES string of the molecule is COc1ccc(-c2cnc3c(Nc4ccc(C(=O)N5CCC(C(=O)NCCCN(C)C)CC5)c(C)c4)nccn23)cc1F. The fourth-order valence-corrected chi connectivity index (χ4v) is 5.43. The van der Waals surface area contributed by atoms with Gasteiger partial charge in [0.15, 0.2) is 23.0 Å². The highest BCUT2D eigenvalue weighted by Crippen LogP contribution is 2.29. The molecule has 0 atom stereocenters. The van der Waals surface area contributed by atoms with Gasteiger partial charge in [0.25, 0.3) is 5.91 Å². The first-order valence-corrected chi connectivity index (χ1v) is 14.5. The number of piperidine rings is 1. The van der Waals surface area contributed by atoms with Gasteiger partial charge in [0.05, 0.1) is 19.0 Å². The predicted molar refractivity (Wildman–Crippen MR) is 164 cm³/mol. The minimum absolute atomic E-state index is 0.0289. The van der Waals surface area contributed by atoms with E-state index in [1.54, 1.807) is 30.7 Å². The Morgan fingerprint density at radius 3 is 2.60 bits per heavy atom. The number of imidazole rings is 1. The molecule has 1 fully saturated rings. The molecule has 0 spiro atoms. The third kappa shape index (κ3) is 6.77. The van der Waals surface area contributed by atoms with Gasteiger partial charge in [0.1, 0.15) is 0 Å². The van der Waals surface area contributed by atoms with Gasteiger partial charge in [-0.1, -0.05) is 0 Å². The standard InChI is InChI=1S/C32H38FN7O3/c1-21-18-24(7-8-25(21)32(42)39-15-10-22(11-16-39)31(41)35-12-5-14-38(2)3)37-29-30-36-20-27(40(30)17-13-34-29)23-6-9-28(43-4)26(33)19-23/h6-9,13,17-20,22H,5,10-12,14-16H2,1-4H3,(H,34,37)(H,35,41). The van der Waals surface area contributed by atoms with Crippen LogP contribution < -0.4 is 15.4 Å². The molecule has 0 saturated carbocycles. The fraction of sp³-hybridized carbons (Fsp3) is 0.375. The van der Waals surface area contributed by atoms with Crippen LogP contribution in [-0.4, -0.2) is 83.4 Å². The van der Waals surface area contributed by atoms with Crippen LogP contribution in [0.5, 0.6) is 5.75 Å². The number of benzene rings is 2. The van der Waals surface area contributed by atoms with Crippen LogP contribution in [-0.2, 0) is 4.79 Å². The molecule has 0 bridgehead atoms. The highest BCUT2D eigenvalue weighted by molar-refractivity contribution is 5.96. The molecule has 0 radical (unpaired) electrons. The van der Waals surface area contributed by atoms with E-state index in [1.807, 2.05) is 48.5 Å². The van der Waals surface area contributed by atoms with E-state index < -0.39 is 5.82 Å². The number of hydrogen-bond donors (Lipinski definition) is 2. The van der Waals surface area contributed by atoms with Crippen molar-refractivity contribution < 1.29 is 18.7 Å². The molecule has 226 valence electrons. The first kappa shape index (κ1) is 30.0. The van der Waals surface area contributed by atoms with Crippen LogP contribution in [0.4, 0.5) is 15.9 Å². The zero-order valence-corrected chi connectivity index (χ0v) is 25.1. The molecule has 0 aliphatic carbocycles. The lowest BCUT2D eigenvalue weighted by atomic mass is 9.95. The summed E-state index contributed by atoms with van der Waals surface area (Å²) < 4.78 is 21.2. The van der Waals surface area contributed by atoms with Crippen molar-refractivity contribution in [3.8, 4) is 17.0 Å². The Hall–Kier alpha value is -4.51. The largest absolute Gasteiger partial charge is 0.494 e. The van der Waals surface area contributed by atoms with E-state index in [2.05, 4.69) is 25.5 Å². The zero-order valence-electron chi connectivity index (χ0n) is 25.1. The number of methoxy groups -OCH3 is 1. The van der Waals surface area contributed by atoms with Crippen molar-refractivity contribution in [2.45, 2.75) is 26.2 Å². The number of halogens is 1. The second kappa shape index (κ2) is 13.2. The maximum Gasteiger partial charge on any atom is 0.254 e. The molecule has 3 heterocycles. The summed E-state index contributed by atoms with van der Waals surface area (Å²) in [5.41, 5.74) is 4.18. The fourth-order valence-electron chi connectivity index (χ4n) is 5.43. The number of amides is 2. The van der Waals surface area contributed by atoms with E-state index >= 15 is 0 Å². The average molecular weight is 588 g/mol. The smallest absolute Gasteiger partial charge is 0.254 e. The Kier molecular flexibility index (Phi) is 9.20. The van der Waals surface area contributed by atoms with Gasteiger partial charge in [-0.25, -0.2) is 14.4 Å². The van der Waals surface area contributed by atoms with Gasteiger partial charge in [0, 0.05) is 54.8 Å². The molecular formula is C32H38FN7O3. The van der Waals surface area contributed by atoms with Gasteiger partial charge < -0.3 is 25.2 Å². The summed E-state index contributed by atoms with van der Waals surface area (Å²) in [5, 5.41) is 6.35. The molecule has 2 amide bonds. The van der Waals surface area contributed by atoms with E-state index in [1.165, 1.54) is 13.2 Å². The minimum atomic E-state index is -0.450. The van der Waals surface area contributed by atoms with Crippen LogP contribution in [0, 0.1) is 18.7 Å². The second-order valence-electron chi connectivity index (χ2n) is 11.1. The highest BCUT2D eigenvalue weighted by atomic mass is 19.1. The molecule has 4 aromatic rings. The lowest BCUT2D eigenvalue weighted by Crippen LogP contribution is -2.43. The number of fused-ring (bicyclic) bond motifs is 1. The van der Waals surface area contributed by atoms with E-state index in [9.17, 15) is 14.0 Å². The van der Waals surface area contributed by atoms with Gasteiger partial charge in [-0.05, 0) is 88.8 Å². The summed E-state index contributed by atoms with van der Waals surface area (Å²) in [5.74, 6) is 0.257. The zero-order chi connectivity index (χ0) is 30.5. The lowest BCUT2D eigenvalue weighted by molar-refractivity contribution is -0.126. The van der Waals surface area contributed by atoms with Crippen LogP contribution in [0.1, 0.15) is 35.2 Å². The molecule has 2 aromatic carbocycles. The van der Waals surface area contributed by atoms with E-state index in [4.69, 9.17) is 4.74 Å². The van der Waals surface area contributed by atoms with Gasteiger partial charge in [-0.2, -0.15) is 0 Å². The summed E-state index contributed by atoms with van der Waals surface area (Å²) in [6.45, 7) is 4.63. The Labute approximate surface area is 250 Å². The first-order valence-electron chi connectivity index (χ1n) is 14.5. The van der Waals surface area contributed by atoms with E-state index in [-0.39, 0.29) is 23.5 Å². The number of carbonyl (C=O) groups is 2. The maximum atomic E-state index is 14.4. The third-order valence-corrected chi connectivity index (χ3v) is 7.83. The average Bonchev–Trinajstić information content (AvgIpc) is 3.44. The quantitative estimate of drug-likeness (QED) is 0.263. The predicted octanol–water partition coefficient (Wildman–Crippen LogP) is 4.52. The number of anilines is 2. The Morgan fingerprint density at radius 1 is 1.12 bits per heavy atom. The van der Waals surface area contributed by atoms with Crippen molar-refractivity contribution in [3.05, 3.63) is 71.9 Å². The summed E-state index contributed by atoms with van der Waals surface area (Å²) in [6, 6.07) is 10.4. The number of nitrogens with one attached hydrogen (secondary N) is 2. The number of carbonyl (C=O) groups excluding carboxylic acids is 2. The normalized spacial score (nSPS) is 13.9. The number of nitrogens with zero attached hydrogens (tertiary/aromatic N) is 5. The topological polar surface area (TPSA) is 104 Å². The highest BCUT2D eigenvalue weighted by Gasteiger charge is 2.28. The van der Waals surface area contributed by atoms with Crippen LogP contribution in [0.15, 0.2) is 55.0 Å². The summed E-state index contributed by atoms with van der Waals surface area (Å²) in [7, 11) is 5.47. The molecule has 2 N–H and O–H groups in total. The Balaban J connectivity index is 1.22. The number of rotatable bonds is 10. The Bertz CT molecular complexity index is 1610. The van der Waals surface area contributed by atoms with Crippen molar-refractivity contribution >= 4 is 29.0 Å². The minimum Gasteiger partial charge on any atom is -0.494 e. The molecule has 2 aromatic heterocycles. The molecule has 1 aliphatic heterocycles. The summed E-state index contributed by atoms with van der Waals surface area (Å²) in [4.78, 5) is 38.8. The first-order chi connectivity index (χ1) is 20.7. The molecule has 11 heteroatoms.